The van der Waals surface area contributed by atoms with Gasteiger partial charge in [-0.25, -0.2) is 0 Å². The standard InChI is InChI=1S/C16H32N2O2/c1-3-17-12-16(6-4-5-14(2)9-16)13-18-7-8-20-11-15(18)10-19/h14-15,17,19H,3-13H2,1-2H3. The van der Waals surface area contributed by atoms with Gasteiger partial charge < -0.3 is 15.2 Å². The summed E-state index contributed by atoms with van der Waals surface area (Å²) in [6, 6.07) is 0.194. The summed E-state index contributed by atoms with van der Waals surface area (Å²) in [5.74, 6) is 0.830. The SMILES string of the molecule is CCNCC1(CN2CCOCC2CO)CCCC(C)C1. The van der Waals surface area contributed by atoms with Gasteiger partial charge in [0.25, 0.3) is 0 Å². The Hall–Kier alpha value is -0.160. The highest BCUT2D eigenvalue weighted by Gasteiger charge is 2.38. The zero-order valence-corrected chi connectivity index (χ0v) is 13.2. The van der Waals surface area contributed by atoms with Crippen molar-refractivity contribution >= 4 is 0 Å². The van der Waals surface area contributed by atoms with Gasteiger partial charge in [-0.3, -0.25) is 4.90 Å². The summed E-state index contributed by atoms with van der Waals surface area (Å²) >= 11 is 0. The van der Waals surface area contributed by atoms with Crippen molar-refractivity contribution < 1.29 is 9.84 Å². The highest BCUT2D eigenvalue weighted by molar-refractivity contribution is 4.91. The van der Waals surface area contributed by atoms with E-state index in [0.29, 0.717) is 12.0 Å². The van der Waals surface area contributed by atoms with Crippen LogP contribution in [0.5, 0.6) is 0 Å². The van der Waals surface area contributed by atoms with Gasteiger partial charge in [0.1, 0.15) is 0 Å². The molecule has 0 radical (unpaired) electrons. The van der Waals surface area contributed by atoms with Gasteiger partial charge in [-0.05, 0) is 30.7 Å². The fourth-order valence-electron chi connectivity index (χ4n) is 4.02. The molecule has 4 nitrogen and oxygen atoms in total. The van der Waals surface area contributed by atoms with Crippen LogP contribution in [-0.2, 0) is 4.74 Å². The van der Waals surface area contributed by atoms with E-state index in [1.165, 1.54) is 25.7 Å². The van der Waals surface area contributed by atoms with Crippen molar-refractivity contribution in [1.82, 2.24) is 10.2 Å². The van der Waals surface area contributed by atoms with Crippen LogP contribution < -0.4 is 5.32 Å². The van der Waals surface area contributed by atoms with Crippen molar-refractivity contribution in [3.8, 4) is 0 Å². The van der Waals surface area contributed by atoms with E-state index >= 15 is 0 Å². The van der Waals surface area contributed by atoms with E-state index in [-0.39, 0.29) is 12.6 Å². The van der Waals surface area contributed by atoms with Crippen molar-refractivity contribution in [2.24, 2.45) is 11.3 Å². The van der Waals surface area contributed by atoms with Gasteiger partial charge in [0.15, 0.2) is 0 Å². The Morgan fingerprint density at radius 3 is 3.00 bits per heavy atom. The minimum atomic E-state index is 0.194. The van der Waals surface area contributed by atoms with Gasteiger partial charge in [-0.2, -0.15) is 0 Å². The Balaban J connectivity index is 2.01. The molecule has 0 aromatic carbocycles. The third kappa shape index (κ3) is 4.17. The molecule has 20 heavy (non-hydrogen) atoms. The molecule has 3 atom stereocenters. The van der Waals surface area contributed by atoms with Crippen LogP contribution in [0.2, 0.25) is 0 Å². The molecule has 3 unspecified atom stereocenters. The molecular weight excluding hydrogens is 252 g/mol. The summed E-state index contributed by atoms with van der Waals surface area (Å²) < 4.78 is 5.51. The average Bonchev–Trinajstić information content (AvgIpc) is 2.46. The van der Waals surface area contributed by atoms with Crippen LogP contribution in [-0.4, -0.2) is 62.0 Å². The molecular formula is C16H32N2O2. The van der Waals surface area contributed by atoms with E-state index in [1.54, 1.807) is 0 Å². The minimum absolute atomic E-state index is 0.194. The summed E-state index contributed by atoms with van der Waals surface area (Å²) in [6.07, 6.45) is 5.36. The lowest BCUT2D eigenvalue weighted by atomic mass is 9.69. The molecule has 1 saturated carbocycles. The molecule has 0 amide bonds. The van der Waals surface area contributed by atoms with E-state index in [9.17, 15) is 5.11 Å². The highest BCUT2D eigenvalue weighted by atomic mass is 16.5. The lowest BCUT2D eigenvalue weighted by molar-refractivity contribution is -0.0522. The number of ether oxygens (including phenoxy) is 1. The second-order valence-corrected chi connectivity index (χ2v) is 6.86. The predicted octanol–water partition coefficient (Wildman–Crippen LogP) is 1.49. The maximum atomic E-state index is 9.57. The molecule has 1 heterocycles. The fraction of sp³-hybridized carbons (Fsp3) is 1.00. The van der Waals surface area contributed by atoms with E-state index < -0.39 is 0 Å². The number of morpholine rings is 1. The van der Waals surface area contributed by atoms with Gasteiger partial charge in [0.2, 0.25) is 0 Å². The van der Waals surface area contributed by atoms with Gasteiger partial charge in [0.05, 0.1) is 25.9 Å². The largest absolute Gasteiger partial charge is 0.395 e. The Morgan fingerprint density at radius 1 is 1.45 bits per heavy atom. The molecule has 0 aromatic heterocycles. The van der Waals surface area contributed by atoms with E-state index in [2.05, 4.69) is 24.1 Å². The van der Waals surface area contributed by atoms with Crippen molar-refractivity contribution in [3.05, 3.63) is 0 Å². The maximum absolute atomic E-state index is 9.57. The first kappa shape index (κ1) is 16.2. The molecule has 1 saturated heterocycles. The van der Waals surface area contributed by atoms with Crippen molar-refractivity contribution in [2.45, 2.75) is 45.6 Å². The van der Waals surface area contributed by atoms with E-state index in [4.69, 9.17) is 4.74 Å². The van der Waals surface area contributed by atoms with Crippen molar-refractivity contribution in [2.75, 3.05) is 46.0 Å². The second-order valence-electron chi connectivity index (χ2n) is 6.86. The topological polar surface area (TPSA) is 44.7 Å². The molecule has 118 valence electrons. The molecule has 4 heteroatoms. The first-order chi connectivity index (χ1) is 9.69. The number of aliphatic hydroxyl groups excluding tert-OH is 1. The van der Waals surface area contributed by atoms with Crippen LogP contribution in [0.25, 0.3) is 0 Å². The van der Waals surface area contributed by atoms with Crippen LogP contribution in [0.1, 0.15) is 39.5 Å². The zero-order valence-electron chi connectivity index (χ0n) is 13.2. The summed E-state index contributed by atoms with van der Waals surface area (Å²) in [5.41, 5.74) is 0.387. The average molecular weight is 284 g/mol. The van der Waals surface area contributed by atoms with Crippen LogP contribution >= 0.6 is 0 Å². The van der Waals surface area contributed by atoms with Crippen molar-refractivity contribution in [1.29, 1.82) is 0 Å². The Morgan fingerprint density at radius 2 is 2.30 bits per heavy atom. The molecule has 2 fully saturated rings. The number of hydrogen-bond donors (Lipinski definition) is 2. The van der Waals surface area contributed by atoms with Crippen LogP contribution in [0, 0.1) is 11.3 Å². The normalized spacial score (nSPS) is 36.1. The smallest absolute Gasteiger partial charge is 0.0644 e. The quantitative estimate of drug-likeness (QED) is 0.775. The molecule has 0 spiro atoms. The molecule has 1 aliphatic heterocycles. The van der Waals surface area contributed by atoms with Crippen molar-refractivity contribution in [3.63, 3.8) is 0 Å². The zero-order chi connectivity index (χ0) is 14.4. The number of aliphatic hydroxyl groups is 1. The molecule has 2 N–H and O–H groups in total. The summed E-state index contributed by atoms with van der Waals surface area (Å²) in [6.45, 7) is 10.5. The maximum Gasteiger partial charge on any atom is 0.0644 e. The summed E-state index contributed by atoms with van der Waals surface area (Å²) in [5, 5.41) is 13.1. The first-order valence-electron chi connectivity index (χ1n) is 8.32. The van der Waals surface area contributed by atoms with Crippen LogP contribution in [0.3, 0.4) is 0 Å². The number of hydrogen-bond acceptors (Lipinski definition) is 4. The number of rotatable bonds is 6. The van der Waals surface area contributed by atoms with Gasteiger partial charge in [0, 0.05) is 19.6 Å². The minimum Gasteiger partial charge on any atom is -0.395 e. The van der Waals surface area contributed by atoms with Gasteiger partial charge in [-0.1, -0.05) is 26.7 Å². The Labute approximate surface area is 123 Å². The molecule has 0 aromatic rings. The monoisotopic (exact) mass is 284 g/mol. The predicted molar refractivity (Wildman–Crippen MR) is 81.9 cm³/mol. The van der Waals surface area contributed by atoms with E-state index in [0.717, 1.165) is 38.7 Å². The lowest BCUT2D eigenvalue weighted by Gasteiger charge is -2.46. The summed E-state index contributed by atoms with van der Waals surface area (Å²) in [4.78, 5) is 2.47. The highest BCUT2D eigenvalue weighted by Crippen LogP contribution is 2.40. The third-order valence-electron chi connectivity index (χ3n) is 5.03. The van der Waals surface area contributed by atoms with E-state index in [1.807, 2.05) is 0 Å². The Bertz CT molecular complexity index is 288. The van der Waals surface area contributed by atoms with Gasteiger partial charge >= 0.3 is 0 Å². The van der Waals surface area contributed by atoms with Gasteiger partial charge in [-0.15, -0.1) is 0 Å². The number of nitrogens with zero attached hydrogens (tertiary/aromatic N) is 1. The summed E-state index contributed by atoms with van der Waals surface area (Å²) in [7, 11) is 0. The van der Waals surface area contributed by atoms with Crippen LogP contribution in [0.15, 0.2) is 0 Å². The fourth-order valence-corrected chi connectivity index (χ4v) is 4.02. The molecule has 0 bridgehead atoms. The molecule has 2 aliphatic rings. The third-order valence-corrected chi connectivity index (χ3v) is 5.03. The second kappa shape index (κ2) is 7.74. The van der Waals surface area contributed by atoms with Crippen LogP contribution in [0.4, 0.5) is 0 Å². The molecule has 2 rings (SSSR count). The lowest BCUT2D eigenvalue weighted by Crippen LogP contribution is -2.54. The Kier molecular flexibility index (Phi) is 6.27. The number of nitrogens with one attached hydrogen (secondary N) is 1. The first-order valence-corrected chi connectivity index (χ1v) is 8.32. The molecule has 1 aliphatic carbocycles.